The van der Waals surface area contributed by atoms with Crippen LogP contribution >= 0.6 is 0 Å². The Morgan fingerprint density at radius 1 is 1.38 bits per heavy atom. The predicted molar refractivity (Wildman–Crippen MR) is 75.7 cm³/mol. The van der Waals surface area contributed by atoms with Gasteiger partial charge in [0.2, 0.25) is 0 Å². The van der Waals surface area contributed by atoms with E-state index in [2.05, 4.69) is 55.1 Å². The molecule has 2 aromatic heterocycles. The first-order valence-electron chi connectivity index (χ1n) is 6.74. The van der Waals surface area contributed by atoms with Crippen LogP contribution in [0.3, 0.4) is 0 Å². The first-order valence-corrected chi connectivity index (χ1v) is 6.74. The molecule has 1 unspecified atom stereocenters. The van der Waals surface area contributed by atoms with Gasteiger partial charge < -0.3 is 5.32 Å². The van der Waals surface area contributed by atoms with E-state index in [-0.39, 0.29) is 6.04 Å². The van der Waals surface area contributed by atoms with E-state index < -0.39 is 0 Å². The molecule has 0 aliphatic heterocycles. The summed E-state index contributed by atoms with van der Waals surface area (Å²) in [5.41, 5.74) is 2.13. The highest BCUT2D eigenvalue weighted by Crippen LogP contribution is 2.15. The number of hydrogen-bond donors (Lipinski definition) is 2. The van der Waals surface area contributed by atoms with E-state index in [0.29, 0.717) is 0 Å². The zero-order chi connectivity index (χ0) is 14.5. The standard InChI is InChI=1S/C13H16N8/c1-10(14-6-5-13-15-8-16-18-13)11-3-2-4-12(7-11)21-9-17-19-20-21/h2-4,7-10,14H,5-6H2,1H3,(H,15,16,18). The number of tetrazole rings is 1. The Morgan fingerprint density at radius 2 is 2.33 bits per heavy atom. The lowest BCUT2D eigenvalue weighted by molar-refractivity contribution is 0.570. The third-order valence-corrected chi connectivity index (χ3v) is 3.26. The molecule has 1 aromatic carbocycles. The SMILES string of the molecule is CC(NCCc1ncn[nH]1)c1cccc(-n2cnnn2)c1. The van der Waals surface area contributed by atoms with E-state index in [4.69, 9.17) is 0 Å². The summed E-state index contributed by atoms with van der Waals surface area (Å²) < 4.78 is 1.64. The number of nitrogens with one attached hydrogen (secondary N) is 2. The molecule has 0 aliphatic carbocycles. The van der Waals surface area contributed by atoms with Gasteiger partial charge in [0.25, 0.3) is 0 Å². The lowest BCUT2D eigenvalue weighted by Gasteiger charge is -2.14. The molecule has 0 saturated carbocycles. The van der Waals surface area contributed by atoms with E-state index >= 15 is 0 Å². The summed E-state index contributed by atoms with van der Waals surface area (Å²) in [5, 5.41) is 21.3. The third-order valence-electron chi connectivity index (χ3n) is 3.26. The molecule has 3 rings (SSSR count). The zero-order valence-electron chi connectivity index (χ0n) is 11.6. The minimum atomic E-state index is 0.226. The second kappa shape index (κ2) is 6.23. The molecule has 0 bridgehead atoms. The minimum absolute atomic E-state index is 0.226. The molecule has 0 aliphatic rings. The Kier molecular flexibility index (Phi) is 3.97. The summed E-state index contributed by atoms with van der Waals surface area (Å²) in [7, 11) is 0. The molecule has 0 radical (unpaired) electrons. The summed E-state index contributed by atoms with van der Waals surface area (Å²) >= 11 is 0. The van der Waals surface area contributed by atoms with Gasteiger partial charge in [-0.25, -0.2) is 9.67 Å². The van der Waals surface area contributed by atoms with Crippen LogP contribution in [0.25, 0.3) is 5.69 Å². The Labute approximate surface area is 121 Å². The summed E-state index contributed by atoms with van der Waals surface area (Å²) in [6.07, 6.45) is 3.92. The maximum Gasteiger partial charge on any atom is 0.143 e. The number of aromatic nitrogens is 7. The molecule has 0 amide bonds. The van der Waals surface area contributed by atoms with Gasteiger partial charge in [0, 0.05) is 19.0 Å². The molecule has 8 nitrogen and oxygen atoms in total. The maximum atomic E-state index is 4.10. The summed E-state index contributed by atoms with van der Waals surface area (Å²) in [4.78, 5) is 4.10. The molecule has 2 N–H and O–H groups in total. The third kappa shape index (κ3) is 3.29. The van der Waals surface area contributed by atoms with Crippen molar-refractivity contribution in [3.8, 4) is 5.69 Å². The smallest absolute Gasteiger partial charge is 0.143 e. The quantitative estimate of drug-likeness (QED) is 0.690. The second-order valence-electron chi connectivity index (χ2n) is 4.71. The Morgan fingerprint density at radius 3 is 3.10 bits per heavy atom. The van der Waals surface area contributed by atoms with E-state index in [1.54, 1.807) is 11.0 Å². The van der Waals surface area contributed by atoms with Crippen molar-refractivity contribution in [2.45, 2.75) is 19.4 Å². The van der Waals surface area contributed by atoms with Crippen LogP contribution in [0.1, 0.15) is 24.4 Å². The molecule has 108 valence electrons. The van der Waals surface area contributed by atoms with Crippen molar-refractivity contribution >= 4 is 0 Å². The lowest BCUT2D eigenvalue weighted by Crippen LogP contribution is -2.21. The van der Waals surface area contributed by atoms with Crippen LogP contribution in [0.4, 0.5) is 0 Å². The normalized spacial score (nSPS) is 12.4. The molecular weight excluding hydrogens is 268 g/mol. The Hall–Kier alpha value is -2.61. The van der Waals surface area contributed by atoms with Gasteiger partial charge in [0.1, 0.15) is 18.5 Å². The van der Waals surface area contributed by atoms with Gasteiger partial charge in [-0.2, -0.15) is 5.10 Å². The number of aromatic amines is 1. The van der Waals surface area contributed by atoms with E-state index in [1.807, 2.05) is 12.1 Å². The lowest BCUT2D eigenvalue weighted by atomic mass is 10.1. The van der Waals surface area contributed by atoms with Gasteiger partial charge >= 0.3 is 0 Å². The molecule has 0 saturated heterocycles. The van der Waals surface area contributed by atoms with Crippen LogP contribution in [0, 0.1) is 0 Å². The maximum absolute atomic E-state index is 4.10. The van der Waals surface area contributed by atoms with Crippen LogP contribution in [0.2, 0.25) is 0 Å². The van der Waals surface area contributed by atoms with Crippen molar-refractivity contribution in [2.75, 3.05) is 6.54 Å². The molecule has 0 spiro atoms. The fraction of sp³-hybridized carbons (Fsp3) is 0.308. The van der Waals surface area contributed by atoms with Crippen LogP contribution < -0.4 is 5.32 Å². The van der Waals surface area contributed by atoms with Gasteiger partial charge in [-0.05, 0) is 35.0 Å². The Bertz CT molecular complexity index is 661. The van der Waals surface area contributed by atoms with E-state index in [0.717, 1.165) is 24.5 Å². The molecule has 8 heteroatoms. The Balaban J connectivity index is 1.62. The molecular formula is C13H16N8. The summed E-state index contributed by atoms with van der Waals surface area (Å²) in [6.45, 7) is 2.95. The fourth-order valence-corrected chi connectivity index (χ4v) is 2.09. The summed E-state index contributed by atoms with van der Waals surface area (Å²) in [5.74, 6) is 0.886. The van der Waals surface area contributed by atoms with Gasteiger partial charge in [-0.3, -0.25) is 5.10 Å². The number of rotatable bonds is 6. The van der Waals surface area contributed by atoms with Crippen molar-refractivity contribution in [3.05, 3.63) is 48.3 Å². The number of benzene rings is 1. The van der Waals surface area contributed by atoms with E-state index in [1.165, 1.54) is 11.9 Å². The molecule has 2 heterocycles. The second-order valence-corrected chi connectivity index (χ2v) is 4.71. The van der Waals surface area contributed by atoms with Crippen LogP contribution in [0.5, 0.6) is 0 Å². The highest BCUT2D eigenvalue weighted by molar-refractivity contribution is 5.35. The largest absolute Gasteiger partial charge is 0.310 e. The van der Waals surface area contributed by atoms with Gasteiger partial charge in [-0.15, -0.1) is 5.10 Å². The minimum Gasteiger partial charge on any atom is -0.310 e. The zero-order valence-corrected chi connectivity index (χ0v) is 11.6. The van der Waals surface area contributed by atoms with Gasteiger partial charge in [0.15, 0.2) is 0 Å². The van der Waals surface area contributed by atoms with E-state index in [9.17, 15) is 0 Å². The first kappa shape index (κ1) is 13.4. The average molecular weight is 284 g/mol. The molecule has 1 atom stereocenters. The average Bonchev–Trinajstić information content (AvgIpc) is 3.21. The highest BCUT2D eigenvalue weighted by Gasteiger charge is 2.07. The van der Waals surface area contributed by atoms with Crippen molar-refractivity contribution in [1.82, 2.24) is 40.7 Å². The number of H-pyrrole nitrogens is 1. The van der Waals surface area contributed by atoms with Crippen molar-refractivity contribution < 1.29 is 0 Å². The number of hydrogen-bond acceptors (Lipinski definition) is 6. The highest BCUT2D eigenvalue weighted by atomic mass is 15.5. The van der Waals surface area contributed by atoms with Crippen LogP contribution in [-0.2, 0) is 6.42 Å². The van der Waals surface area contributed by atoms with Crippen molar-refractivity contribution in [3.63, 3.8) is 0 Å². The fourth-order valence-electron chi connectivity index (χ4n) is 2.09. The topological polar surface area (TPSA) is 97.2 Å². The van der Waals surface area contributed by atoms with Gasteiger partial charge in [-0.1, -0.05) is 12.1 Å². The van der Waals surface area contributed by atoms with Crippen molar-refractivity contribution in [2.24, 2.45) is 0 Å². The molecule has 0 fully saturated rings. The van der Waals surface area contributed by atoms with Crippen LogP contribution in [0.15, 0.2) is 36.9 Å². The first-order chi connectivity index (χ1) is 10.3. The molecule has 21 heavy (non-hydrogen) atoms. The van der Waals surface area contributed by atoms with Crippen LogP contribution in [-0.4, -0.2) is 41.9 Å². The summed E-state index contributed by atoms with van der Waals surface area (Å²) in [6, 6.07) is 8.36. The monoisotopic (exact) mass is 284 g/mol. The van der Waals surface area contributed by atoms with Crippen molar-refractivity contribution in [1.29, 1.82) is 0 Å². The van der Waals surface area contributed by atoms with Gasteiger partial charge in [0.05, 0.1) is 5.69 Å². The predicted octanol–water partition coefficient (Wildman–Crippen LogP) is 0.674. The molecule has 3 aromatic rings. The number of nitrogens with zero attached hydrogens (tertiary/aromatic N) is 6.